The maximum absolute atomic E-state index is 3.12. The van der Waals surface area contributed by atoms with Crippen LogP contribution >= 0.6 is 0 Å². The third kappa shape index (κ3) is 1.79. The van der Waals surface area contributed by atoms with E-state index in [0.717, 1.165) is 0 Å². The molecule has 0 heteroatoms. The molecule has 0 bridgehead atoms. The Labute approximate surface area is 151 Å². The molecule has 1 radical (unpaired) electrons. The van der Waals surface area contributed by atoms with E-state index in [1.807, 2.05) is 12.1 Å². The van der Waals surface area contributed by atoms with E-state index in [1.165, 1.54) is 54.2 Å². The second-order valence-corrected chi connectivity index (χ2v) is 6.93. The van der Waals surface area contributed by atoms with Gasteiger partial charge in [-0.05, 0) is 72.4 Å². The van der Waals surface area contributed by atoms with Crippen molar-refractivity contribution in [3.8, 4) is 11.1 Å². The third-order valence-corrected chi connectivity index (χ3v) is 5.51. The maximum atomic E-state index is 3.12. The molecule has 0 fully saturated rings. The molecule has 0 nitrogen and oxygen atoms in total. The van der Waals surface area contributed by atoms with Gasteiger partial charge in [-0.15, -0.1) is 0 Å². The number of fused-ring (bicyclic) bond motifs is 2. The monoisotopic (exact) mass is 327 g/mol. The highest BCUT2D eigenvalue weighted by Crippen LogP contribution is 2.41. The molecule has 0 amide bonds. The molecule has 0 aliphatic heterocycles. The third-order valence-electron chi connectivity index (χ3n) is 5.51. The molecule has 26 heavy (non-hydrogen) atoms. The van der Waals surface area contributed by atoms with Crippen LogP contribution in [0.3, 0.4) is 0 Å². The molecular weight excluding hydrogens is 312 g/mol. The molecule has 6 rings (SSSR count). The smallest absolute Gasteiger partial charge is 0.00259 e. The molecule has 0 aromatic heterocycles. The van der Waals surface area contributed by atoms with Gasteiger partial charge >= 0.3 is 0 Å². The van der Waals surface area contributed by atoms with E-state index in [0.29, 0.717) is 0 Å². The zero-order valence-electron chi connectivity index (χ0n) is 14.2. The predicted molar refractivity (Wildman–Crippen MR) is 112 cm³/mol. The van der Waals surface area contributed by atoms with Crippen LogP contribution in [0.5, 0.6) is 0 Å². The standard InChI is InChI=1S/C26H15/c1-2-7-17(8-3-1)20-15-19-11-6-13-22-21-12-4-9-18-10-5-14-23(25(18)21)24(16-20)26(19)22/h2-16H. The van der Waals surface area contributed by atoms with Crippen molar-refractivity contribution in [2.75, 3.05) is 0 Å². The lowest BCUT2D eigenvalue weighted by atomic mass is 9.88. The lowest BCUT2D eigenvalue weighted by molar-refractivity contribution is 1.65. The molecule has 119 valence electrons. The molecule has 0 aliphatic rings. The summed E-state index contributed by atoms with van der Waals surface area (Å²) in [6, 6.07) is 36.0. The highest BCUT2D eigenvalue weighted by molar-refractivity contribution is 6.33. The first-order valence-corrected chi connectivity index (χ1v) is 8.96. The van der Waals surface area contributed by atoms with Gasteiger partial charge < -0.3 is 0 Å². The number of benzene rings is 6. The van der Waals surface area contributed by atoms with Crippen molar-refractivity contribution in [2.24, 2.45) is 0 Å². The molecule has 0 N–H and O–H groups in total. The number of rotatable bonds is 1. The summed E-state index contributed by atoms with van der Waals surface area (Å²) in [6.07, 6.45) is 0. The summed E-state index contributed by atoms with van der Waals surface area (Å²) in [4.78, 5) is 0. The van der Waals surface area contributed by atoms with Crippen molar-refractivity contribution in [3.63, 3.8) is 0 Å². The predicted octanol–water partition coefficient (Wildman–Crippen LogP) is 7.20. The largest absolute Gasteiger partial charge is 0.0610 e. The van der Waals surface area contributed by atoms with Gasteiger partial charge in [0.25, 0.3) is 0 Å². The van der Waals surface area contributed by atoms with Crippen molar-refractivity contribution < 1.29 is 0 Å². The average Bonchev–Trinajstić information content (AvgIpc) is 2.72. The molecule has 0 saturated heterocycles. The van der Waals surface area contributed by atoms with Crippen LogP contribution in [0, 0.1) is 6.07 Å². The number of hydrogen-bond acceptors (Lipinski definition) is 0. The van der Waals surface area contributed by atoms with Crippen LogP contribution in [0.4, 0.5) is 0 Å². The van der Waals surface area contributed by atoms with Crippen LogP contribution in [-0.2, 0) is 0 Å². The first-order valence-electron chi connectivity index (χ1n) is 8.96. The fourth-order valence-electron chi connectivity index (χ4n) is 4.40. The van der Waals surface area contributed by atoms with Crippen LogP contribution in [0.2, 0.25) is 0 Å². The summed E-state index contributed by atoms with van der Waals surface area (Å²) >= 11 is 0. The van der Waals surface area contributed by atoms with Crippen LogP contribution < -0.4 is 0 Å². The van der Waals surface area contributed by atoms with E-state index >= 15 is 0 Å². The maximum Gasteiger partial charge on any atom is -0.00259 e. The molecule has 0 unspecified atom stereocenters. The Kier molecular flexibility index (Phi) is 2.70. The Hall–Kier alpha value is -3.38. The minimum atomic E-state index is 1.23. The minimum Gasteiger partial charge on any atom is -0.0610 e. The van der Waals surface area contributed by atoms with Crippen LogP contribution in [0.1, 0.15) is 0 Å². The molecule has 6 aromatic carbocycles. The number of hydrogen-bond donors (Lipinski definition) is 0. The van der Waals surface area contributed by atoms with E-state index in [-0.39, 0.29) is 0 Å². The van der Waals surface area contributed by atoms with Crippen LogP contribution in [-0.4, -0.2) is 0 Å². The fraction of sp³-hybridized carbons (Fsp3) is 0. The van der Waals surface area contributed by atoms with Gasteiger partial charge in [-0.1, -0.05) is 78.9 Å². The van der Waals surface area contributed by atoms with E-state index < -0.39 is 0 Å². The summed E-state index contributed by atoms with van der Waals surface area (Å²) < 4.78 is 0. The molecule has 0 spiro atoms. The zero-order valence-corrected chi connectivity index (χ0v) is 14.2. The van der Waals surface area contributed by atoms with Gasteiger partial charge in [-0.2, -0.15) is 0 Å². The van der Waals surface area contributed by atoms with E-state index in [4.69, 9.17) is 0 Å². The Morgan fingerprint density at radius 2 is 1.04 bits per heavy atom. The van der Waals surface area contributed by atoms with E-state index in [1.54, 1.807) is 0 Å². The van der Waals surface area contributed by atoms with E-state index in [2.05, 4.69) is 84.9 Å². The highest BCUT2D eigenvalue weighted by Gasteiger charge is 2.13. The van der Waals surface area contributed by atoms with Gasteiger partial charge in [0.15, 0.2) is 0 Å². The SMILES string of the molecule is [c]1ccc(-c2cc3cccc4c5cccc6cccc(c(c2)c34)c65)cc1. The van der Waals surface area contributed by atoms with Gasteiger partial charge in [0.05, 0.1) is 0 Å². The summed E-state index contributed by atoms with van der Waals surface area (Å²) in [5, 5.41) is 10.7. The molecular formula is C26H15. The molecule has 0 atom stereocenters. The Bertz CT molecular complexity index is 1400. The fourth-order valence-corrected chi connectivity index (χ4v) is 4.40. The van der Waals surface area contributed by atoms with Gasteiger partial charge in [0, 0.05) is 0 Å². The highest BCUT2D eigenvalue weighted by atomic mass is 14.2. The summed E-state index contributed by atoms with van der Waals surface area (Å²) in [5.41, 5.74) is 2.49. The van der Waals surface area contributed by atoms with Crippen molar-refractivity contribution in [1.82, 2.24) is 0 Å². The second-order valence-electron chi connectivity index (χ2n) is 6.93. The van der Waals surface area contributed by atoms with Gasteiger partial charge in [-0.3, -0.25) is 0 Å². The summed E-state index contributed by atoms with van der Waals surface area (Å²) in [7, 11) is 0. The van der Waals surface area contributed by atoms with Gasteiger partial charge in [0.1, 0.15) is 0 Å². The average molecular weight is 327 g/mol. The molecule has 6 aromatic rings. The van der Waals surface area contributed by atoms with Crippen molar-refractivity contribution in [3.05, 3.63) is 97.1 Å². The second kappa shape index (κ2) is 5.06. The first-order chi connectivity index (χ1) is 12.9. The molecule has 0 heterocycles. The van der Waals surface area contributed by atoms with Crippen molar-refractivity contribution >= 4 is 43.1 Å². The quantitative estimate of drug-likeness (QED) is 0.221. The minimum absolute atomic E-state index is 1.23. The first kappa shape index (κ1) is 13.9. The van der Waals surface area contributed by atoms with Crippen LogP contribution in [0.25, 0.3) is 54.2 Å². The Morgan fingerprint density at radius 3 is 1.73 bits per heavy atom. The summed E-state index contributed by atoms with van der Waals surface area (Å²) in [5.74, 6) is 0. The van der Waals surface area contributed by atoms with E-state index in [9.17, 15) is 0 Å². The summed E-state index contributed by atoms with van der Waals surface area (Å²) in [6.45, 7) is 0. The lowest BCUT2D eigenvalue weighted by Gasteiger charge is -2.15. The normalized spacial score (nSPS) is 11.8. The molecule has 0 aliphatic carbocycles. The topological polar surface area (TPSA) is 0 Å². The van der Waals surface area contributed by atoms with Gasteiger partial charge in [0.2, 0.25) is 0 Å². The van der Waals surface area contributed by atoms with Crippen LogP contribution in [0.15, 0.2) is 91.0 Å². The van der Waals surface area contributed by atoms with Crippen molar-refractivity contribution in [1.29, 1.82) is 0 Å². The zero-order chi connectivity index (χ0) is 17.1. The lowest BCUT2D eigenvalue weighted by Crippen LogP contribution is -1.88. The van der Waals surface area contributed by atoms with Crippen molar-refractivity contribution in [2.45, 2.75) is 0 Å². The Morgan fingerprint density at radius 1 is 0.462 bits per heavy atom. The Balaban J connectivity index is 1.91. The van der Waals surface area contributed by atoms with Gasteiger partial charge in [-0.25, -0.2) is 0 Å². The molecule has 0 saturated carbocycles.